The largest absolute Gasteiger partial charge is 0.355 e. The predicted octanol–water partition coefficient (Wildman–Crippen LogP) is 3.58. The third-order valence-electron chi connectivity index (χ3n) is 5.41. The molecule has 2 aromatic rings. The molecule has 0 aliphatic carbocycles. The monoisotopic (exact) mass is 512 g/mol. The first-order chi connectivity index (χ1) is 13.6. The van der Waals surface area contributed by atoms with E-state index in [-0.39, 0.29) is 24.0 Å². The van der Waals surface area contributed by atoms with E-state index in [1.807, 2.05) is 30.2 Å². The predicted molar refractivity (Wildman–Crippen MR) is 133 cm³/mol. The molecule has 0 aliphatic heterocycles. The summed E-state index contributed by atoms with van der Waals surface area (Å²) in [6, 6.07) is 10.9. The summed E-state index contributed by atoms with van der Waals surface area (Å²) >= 11 is 0. The summed E-state index contributed by atoms with van der Waals surface area (Å²) < 4.78 is 1.95. The smallest absolute Gasteiger partial charge is 0.191 e. The van der Waals surface area contributed by atoms with Crippen LogP contribution in [0.3, 0.4) is 0 Å². The average molecular weight is 512 g/mol. The van der Waals surface area contributed by atoms with E-state index in [2.05, 4.69) is 77.8 Å². The van der Waals surface area contributed by atoms with Crippen LogP contribution >= 0.6 is 24.0 Å². The number of benzene rings is 1. The molecule has 29 heavy (non-hydrogen) atoms. The highest BCUT2D eigenvalue weighted by atomic mass is 127. The van der Waals surface area contributed by atoms with Gasteiger partial charge in [-0.05, 0) is 37.2 Å². The molecule has 0 spiro atoms. The minimum atomic E-state index is 0. The van der Waals surface area contributed by atoms with Crippen LogP contribution in [0.5, 0.6) is 0 Å². The van der Waals surface area contributed by atoms with Gasteiger partial charge in [0, 0.05) is 38.6 Å². The van der Waals surface area contributed by atoms with E-state index >= 15 is 0 Å². The fourth-order valence-corrected chi connectivity index (χ4v) is 3.66. The molecule has 0 saturated heterocycles. The van der Waals surface area contributed by atoms with Crippen LogP contribution in [0.4, 0.5) is 0 Å². The maximum Gasteiger partial charge on any atom is 0.191 e. The van der Waals surface area contributed by atoms with Crippen molar-refractivity contribution < 1.29 is 0 Å². The summed E-state index contributed by atoms with van der Waals surface area (Å²) in [5.74, 6) is 1.52. The summed E-state index contributed by atoms with van der Waals surface area (Å²) in [5, 5.41) is 11.3. The van der Waals surface area contributed by atoms with Crippen LogP contribution in [0.25, 0.3) is 0 Å². The highest BCUT2D eigenvalue weighted by Crippen LogP contribution is 2.16. The second kappa shape index (κ2) is 13.6. The fourth-order valence-electron chi connectivity index (χ4n) is 3.66. The summed E-state index contributed by atoms with van der Waals surface area (Å²) in [5.41, 5.74) is 2.52. The highest BCUT2D eigenvalue weighted by Gasteiger charge is 2.20. The van der Waals surface area contributed by atoms with E-state index in [9.17, 15) is 0 Å². The number of aliphatic imine (C=N–C) groups is 1. The second-order valence-corrected chi connectivity index (χ2v) is 7.39. The first kappa shape index (κ1) is 25.4. The van der Waals surface area contributed by atoms with E-state index in [0.29, 0.717) is 12.0 Å². The Balaban J connectivity index is 0.00000420. The van der Waals surface area contributed by atoms with Crippen LogP contribution in [-0.2, 0) is 13.1 Å². The molecule has 6 nitrogen and oxygen atoms in total. The van der Waals surface area contributed by atoms with Crippen LogP contribution in [-0.4, -0.2) is 54.4 Å². The normalized spacial score (nSPS) is 12.7. The molecule has 1 atom stereocenters. The molecular formula is C22H37IN6. The van der Waals surface area contributed by atoms with Crippen molar-refractivity contribution in [3.05, 3.63) is 53.9 Å². The summed E-state index contributed by atoms with van der Waals surface area (Å²) in [6.07, 6.45) is 6.18. The third kappa shape index (κ3) is 7.97. The Morgan fingerprint density at radius 3 is 2.34 bits per heavy atom. The van der Waals surface area contributed by atoms with Gasteiger partial charge in [-0.3, -0.25) is 9.67 Å². The molecule has 1 unspecified atom stereocenters. The van der Waals surface area contributed by atoms with Crippen LogP contribution < -0.4 is 10.6 Å². The summed E-state index contributed by atoms with van der Waals surface area (Å²) in [6.45, 7) is 6.93. The van der Waals surface area contributed by atoms with Crippen LogP contribution in [0, 0.1) is 5.92 Å². The lowest BCUT2D eigenvalue weighted by Crippen LogP contribution is -2.47. The van der Waals surface area contributed by atoms with E-state index in [4.69, 9.17) is 0 Å². The van der Waals surface area contributed by atoms with Crippen molar-refractivity contribution >= 4 is 29.9 Å². The minimum absolute atomic E-state index is 0. The molecule has 0 saturated carbocycles. The number of guanidine groups is 1. The van der Waals surface area contributed by atoms with Crippen molar-refractivity contribution in [2.75, 3.05) is 27.7 Å². The van der Waals surface area contributed by atoms with Crippen molar-refractivity contribution in [2.45, 2.75) is 45.8 Å². The molecule has 2 rings (SSSR count). The summed E-state index contributed by atoms with van der Waals surface area (Å²) in [7, 11) is 6.14. The van der Waals surface area contributed by atoms with Gasteiger partial charge in [-0.25, -0.2) is 0 Å². The van der Waals surface area contributed by atoms with Gasteiger partial charge in [0.25, 0.3) is 0 Å². The molecule has 1 aromatic heterocycles. The molecule has 0 radical (unpaired) electrons. The van der Waals surface area contributed by atoms with E-state index in [0.717, 1.165) is 25.6 Å². The number of nitrogens with one attached hydrogen (secondary N) is 2. The number of hydrogen-bond donors (Lipinski definition) is 2. The van der Waals surface area contributed by atoms with Crippen molar-refractivity contribution in [1.29, 1.82) is 0 Å². The van der Waals surface area contributed by atoms with Gasteiger partial charge in [0.15, 0.2) is 5.96 Å². The van der Waals surface area contributed by atoms with E-state index in [1.165, 1.54) is 24.0 Å². The lowest BCUT2D eigenvalue weighted by molar-refractivity contribution is 0.200. The topological polar surface area (TPSA) is 57.5 Å². The second-order valence-electron chi connectivity index (χ2n) is 7.39. The van der Waals surface area contributed by atoms with Gasteiger partial charge in [-0.15, -0.1) is 24.0 Å². The Kier molecular flexibility index (Phi) is 11.9. The zero-order valence-corrected chi connectivity index (χ0v) is 20.8. The van der Waals surface area contributed by atoms with Crippen molar-refractivity contribution in [2.24, 2.45) is 10.9 Å². The minimum Gasteiger partial charge on any atom is -0.355 e. The number of rotatable bonds is 10. The van der Waals surface area contributed by atoms with E-state index < -0.39 is 0 Å². The van der Waals surface area contributed by atoms with Gasteiger partial charge >= 0.3 is 0 Å². The molecule has 0 aliphatic rings. The molecule has 0 fully saturated rings. The number of nitrogens with zero attached hydrogens (tertiary/aromatic N) is 4. The van der Waals surface area contributed by atoms with Crippen LogP contribution in [0.2, 0.25) is 0 Å². The lowest BCUT2D eigenvalue weighted by atomic mass is 9.93. The Labute approximate surface area is 193 Å². The Hall–Kier alpha value is -1.61. The summed E-state index contributed by atoms with van der Waals surface area (Å²) in [4.78, 5) is 6.73. The Morgan fingerprint density at radius 1 is 1.10 bits per heavy atom. The van der Waals surface area contributed by atoms with Gasteiger partial charge < -0.3 is 15.5 Å². The molecule has 0 amide bonds. The van der Waals surface area contributed by atoms with Gasteiger partial charge in [0.1, 0.15) is 0 Å². The SMILES string of the molecule is CCC(CC)C(CNC(=NC)NCc1ccccc1Cn1cccn1)N(C)C.I. The van der Waals surface area contributed by atoms with Crippen molar-refractivity contribution in [3.8, 4) is 0 Å². The highest BCUT2D eigenvalue weighted by molar-refractivity contribution is 14.0. The van der Waals surface area contributed by atoms with Crippen LogP contribution in [0.1, 0.15) is 37.8 Å². The number of likely N-dealkylation sites (N-methyl/N-ethyl adjacent to an activating group) is 1. The maximum absolute atomic E-state index is 4.41. The molecule has 7 heteroatoms. The van der Waals surface area contributed by atoms with Gasteiger partial charge in [-0.1, -0.05) is 51.0 Å². The molecule has 2 N–H and O–H groups in total. The Bertz CT molecular complexity index is 710. The van der Waals surface area contributed by atoms with Crippen molar-refractivity contribution in [3.63, 3.8) is 0 Å². The van der Waals surface area contributed by atoms with E-state index in [1.54, 1.807) is 0 Å². The quantitative estimate of drug-likeness (QED) is 0.290. The van der Waals surface area contributed by atoms with Gasteiger partial charge in [0.05, 0.1) is 6.54 Å². The average Bonchev–Trinajstić information content (AvgIpc) is 3.21. The molecule has 1 aromatic carbocycles. The molecular weight excluding hydrogens is 475 g/mol. The lowest BCUT2D eigenvalue weighted by Gasteiger charge is -2.32. The van der Waals surface area contributed by atoms with Gasteiger partial charge in [-0.2, -0.15) is 5.10 Å². The Morgan fingerprint density at radius 2 is 1.79 bits per heavy atom. The van der Waals surface area contributed by atoms with Crippen LogP contribution in [0.15, 0.2) is 47.7 Å². The standard InChI is InChI=1S/C22H36N6.HI/c1-6-18(7-2)21(27(4)5)16-25-22(23-3)24-15-19-11-8-9-12-20(19)17-28-14-10-13-26-28;/h8-14,18,21H,6-7,15-17H2,1-5H3,(H2,23,24,25);1H. The zero-order valence-electron chi connectivity index (χ0n) is 18.4. The zero-order chi connectivity index (χ0) is 20.4. The maximum atomic E-state index is 4.41. The number of hydrogen-bond acceptors (Lipinski definition) is 3. The fraction of sp³-hybridized carbons (Fsp3) is 0.545. The number of aromatic nitrogens is 2. The molecule has 0 bridgehead atoms. The van der Waals surface area contributed by atoms with Gasteiger partial charge in [0.2, 0.25) is 0 Å². The molecule has 162 valence electrons. The first-order valence-corrected chi connectivity index (χ1v) is 10.2. The third-order valence-corrected chi connectivity index (χ3v) is 5.41. The molecule has 1 heterocycles. The number of halogens is 1. The first-order valence-electron chi connectivity index (χ1n) is 10.2. The van der Waals surface area contributed by atoms with Crippen molar-refractivity contribution in [1.82, 2.24) is 25.3 Å².